The van der Waals surface area contributed by atoms with Gasteiger partial charge >= 0.3 is 11.0 Å². The molecule has 0 atom stereocenters. The first-order valence-electron chi connectivity index (χ1n) is 15.0. The van der Waals surface area contributed by atoms with Gasteiger partial charge in [-0.05, 0) is 57.2 Å². The van der Waals surface area contributed by atoms with E-state index >= 15 is 0 Å². The molecule has 0 saturated heterocycles. The summed E-state index contributed by atoms with van der Waals surface area (Å²) in [5.74, 6) is -1.22. The highest BCUT2D eigenvalue weighted by Crippen LogP contribution is 2.30. The van der Waals surface area contributed by atoms with E-state index in [-0.39, 0.29) is 52.0 Å². The molecule has 17 heteroatoms. The Balaban J connectivity index is 1.52. The van der Waals surface area contributed by atoms with E-state index in [1.807, 2.05) is 20.8 Å². The molecule has 2 amide bonds. The first-order valence-corrected chi connectivity index (χ1v) is 15.9. The zero-order valence-corrected chi connectivity index (χ0v) is 28.3. The lowest BCUT2D eigenvalue weighted by atomic mass is 10.1. The van der Waals surface area contributed by atoms with Crippen molar-refractivity contribution in [3.8, 4) is 0 Å². The lowest BCUT2D eigenvalue weighted by molar-refractivity contribution is -0.380. The highest BCUT2D eigenvalue weighted by atomic mass is 32.1. The van der Waals surface area contributed by atoms with Gasteiger partial charge in [0, 0.05) is 19.2 Å². The standard InChI is InChI=1S/C30H45N5O11S/c1-21-28(35(39)40)47-29(32-21)34-27(38)24-7-6-23(20-25(24)33-22(2)36)31-9-11-42-13-15-44-17-19-45-18-16-43-14-12-41-10-8-26(37)46-30(3,4)5/h6-7,20,31H,8-19H2,1-5H3,(H,33,36)(H,32,34,38). The summed E-state index contributed by atoms with van der Waals surface area (Å²) in [6, 6.07) is 4.82. The van der Waals surface area contributed by atoms with Gasteiger partial charge in [0.2, 0.25) is 5.91 Å². The summed E-state index contributed by atoms with van der Waals surface area (Å²) in [5.41, 5.74) is 0.796. The molecule has 0 saturated carbocycles. The average molecular weight is 684 g/mol. The zero-order valence-electron chi connectivity index (χ0n) is 27.5. The second kappa shape index (κ2) is 21.2. The van der Waals surface area contributed by atoms with Crippen molar-refractivity contribution >= 4 is 50.6 Å². The van der Waals surface area contributed by atoms with Crippen LogP contribution in [0.2, 0.25) is 0 Å². The van der Waals surface area contributed by atoms with Gasteiger partial charge < -0.3 is 39.1 Å². The Hall–Kier alpha value is -3.74. The smallest absolute Gasteiger partial charge is 0.348 e. The first-order chi connectivity index (χ1) is 22.4. The number of rotatable bonds is 23. The van der Waals surface area contributed by atoms with Crippen LogP contribution in [0.3, 0.4) is 0 Å². The van der Waals surface area contributed by atoms with Gasteiger partial charge in [-0.15, -0.1) is 0 Å². The van der Waals surface area contributed by atoms with E-state index in [1.165, 1.54) is 19.9 Å². The van der Waals surface area contributed by atoms with Gasteiger partial charge in [-0.1, -0.05) is 0 Å². The zero-order chi connectivity index (χ0) is 34.7. The highest BCUT2D eigenvalue weighted by molar-refractivity contribution is 7.19. The van der Waals surface area contributed by atoms with Gasteiger partial charge in [-0.2, -0.15) is 0 Å². The number of hydrogen-bond acceptors (Lipinski definition) is 14. The highest BCUT2D eigenvalue weighted by Gasteiger charge is 2.21. The molecule has 2 rings (SSSR count). The molecule has 0 aliphatic heterocycles. The van der Waals surface area contributed by atoms with Crippen LogP contribution in [-0.4, -0.2) is 106 Å². The molecule has 0 aliphatic rings. The molecule has 0 radical (unpaired) electrons. The monoisotopic (exact) mass is 683 g/mol. The number of carbonyl (C=O) groups is 3. The SMILES string of the molecule is CC(=O)Nc1cc(NCCOCCOCCOCCOCCOCCC(=O)OC(C)(C)C)ccc1C(=O)Nc1nc(C)c([N+](=O)[O-])s1. The number of hydrogen-bond donors (Lipinski definition) is 3. The minimum absolute atomic E-state index is 0.0852. The lowest BCUT2D eigenvalue weighted by Crippen LogP contribution is -2.24. The molecule has 1 aromatic heterocycles. The van der Waals surface area contributed by atoms with E-state index in [1.54, 1.807) is 12.1 Å². The maximum absolute atomic E-state index is 12.8. The fraction of sp³-hybridized carbons (Fsp3) is 0.600. The molecule has 0 unspecified atom stereocenters. The van der Waals surface area contributed by atoms with Crippen molar-refractivity contribution in [1.82, 2.24) is 4.98 Å². The van der Waals surface area contributed by atoms with Crippen LogP contribution in [0.15, 0.2) is 18.2 Å². The number of anilines is 3. The van der Waals surface area contributed by atoms with Gasteiger partial charge in [-0.25, -0.2) is 4.98 Å². The van der Waals surface area contributed by atoms with Crippen molar-refractivity contribution in [2.45, 2.75) is 46.6 Å². The molecule has 0 spiro atoms. The number of carbonyl (C=O) groups excluding carboxylic acids is 3. The van der Waals surface area contributed by atoms with Gasteiger partial charge in [0.15, 0.2) is 5.13 Å². The number of thiazole rings is 1. The summed E-state index contributed by atoms with van der Waals surface area (Å²) in [6.07, 6.45) is 0.205. The predicted molar refractivity (Wildman–Crippen MR) is 175 cm³/mol. The fourth-order valence-electron chi connectivity index (χ4n) is 3.72. The Labute approximate surface area is 277 Å². The molecule has 262 valence electrons. The number of esters is 1. The third-order valence-electron chi connectivity index (χ3n) is 5.67. The van der Waals surface area contributed by atoms with Crippen molar-refractivity contribution in [2.24, 2.45) is 0 Å². The Morgan fingerprint density at radius 1 is 0.872 bits per heavy atom. The van der Waals surface area contributed by atoms with Crippen LogP contribution in [0.1, 0.15) is 50.2 Å². The van der Waals surface area contributed by atoms with Crippen molar-refractivity contribution in [3.05, 3.63) is 39.6 Å². The third kappa shape index (κ3) is 17.1. The Morgan fingerprint density at radius 2 is 1.43 bits per heavy atom. The molecule has 0 aliphatic carbocycles. The molecular formula is C30H45N5O11S. The van der Waals surface area contributed by atoms with E-state index in [0.717, 1.165) is 11.3 Å². The maximum atomic E-state index is 12.8. The van der Waals surface area contributed by atoms with Crippen molar-refractivity contribution < 1.29 is 47.7 Å². The predicted octanol–water partition coefficient (Wildman–Crippen LogP) is 3.80. The molecule has 0 fully saturated rings. The quantitative estimate of drug-likeness (QED) is 0.0662. The van der Waals surface area contributed by atoms with Crippen LogP contribution in [-0.2, 0) is 38.0 Å². The van der Waals surface area contributed by atoms with Crippen molar-refractivity contribution in [2.75, 3.05) is 88.6 Å². The van der Waals surface area contributed by atoms with Crippen LogP contribution in [0, 0.1) is 17.0 Å². The normalized spacial score (nSPS) is 11.3. The third-order valence-corrected chi connectivity index (χ3v) is 6.69. The number of aromatic nitrogens is 1. The van der Waals surface area contributed by atoms with Gasteiger partial charge in [0.1, 0.15) is 11.3 Å². The summed E-state index contributed by atoms with van der Waals surface area (Å²) in [4.78, 5) is 50.7. The fourth-order valence-corrected chi connectivity index (χ4v) is 4.50. The number of benzene rings is 1. The number of nitro groups is 1. The van der Waals surface area contributed by atoms with Crippen LogP contribution in [0.25, 0.3) is 0 Å². The van der Waals surface area contributed by atoms with Gasteiger partial charge in [-0.3, -0.25) is 29.8 Å². The van der Waals surface area contributed by atoms with E-state index in [4.69, 9.17) is 28.4 Å². The van der Waals surface area contributed by atoms with Gasteiger partial charge in [0.05, 0.1) is 88.7 Å². The summed E-state index contributed by atoms with van der Waals surface area (Å²) < 4.78 is 32.5. The molecule has 1 aromatic carbocycles. The van der Waals surface area contributed by atoms with Crippen LogP contribution in [0.4, 0.5) is 21.5 Å². The summed E-state index contributed by atoms with van der Waals surface area (Å²) in [6.45, 7) is 12.7. The molecule has 47 heavy (non-hydrogen) atoms. The number of nitrogens with one attached hydrogen (secondary N) is 3. The summed E-state index contributed by atoms with van der Waals surface area (Å²) in [5, 5.41) is 19.4. The van der Waals surface area contributed by atoms with Crippen LogP contribution >= 0.6 is 11.3 Å². The summed E-state index contributed by atoms with van der Waals surface area (Å²) in [7, 11) is 0. The molecule has 16 nitrogen and oxygen atoms in total. The van der Waals surface area contributed by atoms with Gasteiger partial charge in [0.25, 0.3) is 5.91 Å². The average Bonchev–Trinajstić information content (AvgIpc) is 3.35. The van der Waals surface area contributed by atoms with E-state index in [2.05, 4.69) is 20.9 Å². The number of ether oxygens (including phenoxy) is 6. The molecule has 2 aromatic rings. The second-order valence-electron chi connectivity index (χ2n) is 10.9. The lowest BCUT2D eigenvalue weighted by Gasteiger charge is -2.19. The van der Waals surface area contributed by atoms with E-state index in [9.17, 15) is 24.5 Å². The number of amides is 2. The molecule has 0 bridgehead atoms. The minimum Gasteiger partial charge on any atom is -0.460 e. The van der Waals surface area contributed by atoms with Crippen LogP contribution in [0.5, 0.6) is 0 Å². The van der Waals surface area contributed by atoms with E-state index < -0.39 is 16.4 Å². The van der Waals surface area contributed by atoms with Crippen molar-refractivity contribution in [3.63, 3.8) is 0 Å². The second-order valence-corrected chi connectivity index (χ2v) is 11.9. The Bertz CT molecular complexity index is 1300. The maximum Gasteiger partial charge on any atom is 0.348 e. The largest absolute Gasteiger partial charge is 0.460 e. The van der Waals surface area contributed by atoms with E-state index in [0.29, 0.717) is 71.7 Å². The minimum atomic E-state index is -0.568. The number of nitrogens with zero attached hydrogens (tertiary/aromatic N) is 2. The molecular weight excluding hydrogens is 638 g/mol. The van der Waals surface area contributed by atoms with Crippen molar-refractivity contribution in [1.29, 1.82) is 0 Å². The molecule has 1 heterocycles. The Kier molecular flexibility index (Phi) is 17.8. The topological polar surface area (TPSA) is 199 Å². The van der Waals surface area contributed by atoms with Crippen LogP contribution < -0.4 is 16.0 Å². The first kappa shape index (κ1) is 39.4. The molecule has 3 N–H and O–H groups in total. The Morgan fingerprint density at radius 3 is 1.94 bits per heavy atom. The summed E-state index contributed by atoms with van der Waals surface area (Å²) >= 11 is 0.755. The number of aryl methyl sites for hydroxylation is 1.